The second-order valence-electron chi connectivity index (χ2n) is 7.70. The summed E-state index contributed by atoms with van der Waals surface area (Å²) < 4.78 is 1.82. The Morgan fingerprint density at radius 2 is 1.83 bits per heavy atom. The molecule has 7 nitrogen and oxygen atoms in total. The lowest BCUT2D eigenvalue weighted by Gasteiger charge is -2.33. The van der Waals surface area contributed by atoms with Gasteiger partial charge in [0.2, 0.25) is 11.8 Å². The Bertz CT molecular complexity index is 939. The Morgan fingerprint density at radius 1 is 1.13 bits per heavy atom. The van der Waals surface area contributed by atoms with E-state index in [2.05, 4.69) is 22.2 Å². The van der Waals surface area contributed by atoms with Crippen molar-refractivity contribution < 1.29 is 9.59 Å². The number of carbonyl (C=O) groups excluding carboxylic acids is 2. The van der Waals surface area contributed by atoms with Gasteiger partial charge in [0.05, 0.1) is 12.2 Å². The molecule has 2 aromatic rings. The minimum atomic E-state index is -0.0156. The third-order valence-corrected chi connectivity index (χ3v) is 5.68. The predicted octanol–water partition coefficient (Wildman–Crippen LogP) is 2.40. The third kappa shape index (κ3) is 5.16. The highest BCUT2D eigenvalue weighted by molar-refractivity contribution is 5.93. The second kappa shape index (κ2) is 9.71. The lowest BCUT2D eigenvalue weighted by Crippen LogP contribution is -2.50. The Labute approximate surface area is 178 Å². The van der Waals surface area contributed by atoms with Crippen LogP contribution in [0, 0.1) is 13.8 Å². The van der Waals surface area contributed by atoms with Crippen LogP contribution in [0.4, 0.5) is 5.69 Å². The summed E-state index contributed by atoms with van der Waals surface area (Å²) in [5, 5.41) is 7.39. The van der Waals surface area contributed by atoms with Gasteiger partial charge >= 0.3 is 0 Å². The molecule has 160 valence electrons. The molecule has 0 unspecified atom stereocenters. The minimum absolute atomic E-state index is 0.00127. The number of nitrogens with zero attached hydrogens (tertiary/aromatic N) is 4. The molecule has 1 saturated heterocycles. The van der Waals surface area contributed by atoms with Gasteiger partial charge in [-0.15, -0.1) is 0 Å². The Hall–Kier alpha value is -2.93. The Kier molecular flexibility index (Phi) is 7.05. The zero-order valence-electron chi connectivity index (χ0n) is 18.3. The van der Waals surface area contributed by atoms with Gasteiger partial charge in [0.25, 0.3) is 0 Å². The number of hydrogen-bond acceptors (Lipinski definition) is 4. The second-order valence-corrected chi connectivity index (χ2v) is 7.70. The van der Waals surface area contributed by atoms with Crippen molar-refractivity contribution in [2.24, 2.45) is 7.05 Å². The number of aromatic nitrogens is 2. The highest BCUT2D eigenvalue weighted by Gasteiger charge is 2.21. The predicted molar refractivity (Wildman–Crippen MR) is 119 cm³/mol. The van der Waals surface area contributed by atoms with Crippen LogP contribution < -0.4 is 5.32 Å². The highest BCUT2D eigenvalue weighted by Crippen LogP contribution is 2.16. The van der Waals surface area contributed by atoms with Crippen LogP contribution in [0.25, 0.3) is 6.08 Å². The first-order valence-corrected chi connectivity index (χ1v) is 10.5. The molecule has 1 N–H and O–H groups in total. The number of amides is 2. The van der Waals surface area contributed by atoms with Crippen LogP contribution in [0.5, 0.6) is 0 Å². The summed E-state index contributed by atoms with van der Waals surface area (Å²) in [6.45, 7) is 8.96. The molecule has 1 aliphatic rings. The van der Waals surface area contributed by atoms with Gasteiger partial charge < -0.3 is 10.2 Å². The number of piperazine rings is 1. The van der Waals surface area contributed by atoms with E-state index in [1.54, 1.807) is 6.08 Å². The van der Waals surface area contributed by atoms with Crippen molar-refractivity contribution in [3.8, 4) is 0 Å². The Morgan fingerprint density at radius 3 is 2.47 bits per heavy atom. The molecule has 0 spiro atoms. The molecule has 0 radical (unpaired) electrons. The molecule has 1 aromatic heterocycles. The molecule has 0 bridgehead atoms. The number of benzene rings is 1. The molecule has 3 rings (SSSR count). The van der Waals surface area contributed by atoms with E-state index < -0.39 is 0 Å². The summed E-state index contributed by atoms with van der Waals surface area (Å²) in [6.07, 6.45) is 4.36. The van der Waals surface area contributed by atoms with Crippen LogP contribution in [0.15, 0.2) is 30.3 Å². The lowest BCUT2D eigenvalue weighted by atomic mass is 10.1. The standard InChI is InChI=1S/C23H31N5O2/c1-5-19-8-6-7-9-21(19)24-22(29)16-27-12-14-28(15-13-27)23(30)11-10-20-17(2)25-26(4)18(20)3/h6-11H,5,12-16H2,1-4H3,(H,24,29)/b11-10+. The van der Waals surface area contributed by atoms with Crippen molar-refractivity contribution >= 4 is 23.6 Å². The van der Waals surface area contributed by atoms with Gasteiger partial charge in [0.15, 0.2) is 0 Å². The lowest BCUT2D eigenvalue weighted by molar-refractivity contribution is -0.127. The highest BCUT2D eigenvalue weighted by atomic mass is 16.2. The zero-order valence-corrected chi connectivity index (χ0v) is 18.3. The summed E-state index contributed by atoms with van der Waals surface area (Å²) in [5.41, 5.74) is 4.96. The average molecular weight is 410 g/mol. The van der Waals surface area contributed by atoms with Crippen molar-refractivity contribution in [1.82, 2.24) is 19.6 Å². The van der Waals surface area contributed by atoms with Gasteiger partial charge in [0.1, 0.15) is 0 Å². The smallest absolute Gasteiger partial charge is 0.246 e. The summed E-state index contributed by atoms with van der Waals surface area (Å²) in [6, 6.07) is 7.88. The molecule has 7 heteroatoms. The van der Waals surface area contributed by atoms with E-state index in [9.17, 15) is 9.59 Å². The molecular formula is C23H31N5O2. The molecule has 2 amide bonds. The van der Waals surface area contributed by atoms with Gasteiger partial charge in [-0.1, -0.05) is 25.1 Å². The van der Waals surface area contributed by atoms with Crippen molar-refractivity contribution in [3.05, 3.63) is 52.9 Å². The SMILES string of the molecule is CCc1ccccc1NC(=O)CN1CCN(C(=O)/C=C/c2c(C)nn(C)c2C)CC1. The quantitative estimate of drug-likeness (QED) is 0.744. The maximum Gasteiger partial charge on any atom is 0.246 e. The summed E-state index contributed by atoms with van der Waals surface area (Å²) in [7, 11) is 1.90. The molecule has 1 aliphatic heterocycles. The van der Waals surface area contributed by atoms with Crippen molar-refractivity contribution in [2.45, 2.75) is 27.2 Å². The van der Waals surface area contributed by atoms with Crippen LogP contribution in [0.2, 0.25) is 0 Å². The van der Waals surface area contributed by atoms with E-state index in [-0.39, 0.29) is 11.8 Å². The normalized spacial score (nSPS) is 15.0. The third-order valence-electron chi connectivity index (χ3n) is 5.68. The van der Waals surface area contributed by atoms with E-state index in [1.807, 2.05) is 60.8 Å². The molecular weight excluding hydrogens is 378 g/mol. The van der Waals surface area contributed by atoms with E-state index in [1.165, 1.54) is 0 Å². The largest absolute Gasteiger partial charge is 0.337 e. The van der Waals surface area contributed by atoms with Gasteiger partial charge in [-0.05, 0) is 38.0 Å². The van der Waals surface area contributed by atoms with Gasteiger partial charge in [0, 0.05) is 56.2 Å². The van der Waals surface area contributed by atoms with Crippen molar-refractivity contribution in [1.29, 1.82) is 0 Å². The van der Waals surface area contributed by atoms with Crippen LogP contribution in [0.1, 0.15) is 29.4 Å². The topological polar surface area (TPSA) is 70.5 Å². The van der Waals surface area contributed by atoms with Crippen LogP contribution in [0.3, 0.4) is 0 Å². The summed E-state index contributed by atoms with van der Waals surface area (Å²) >= 11 is 0. The fraction of sp³-hybridized carbons (Fsp3) is 0.435. The first-order chi connectivity index (χ1) is 14.4. The molecule has 0 aliphatic carbocycles. The molecule has 1 fully saturated rings. The van der Waals surface area contributed by atoms with E-state index in [4.69, 9.17) is 0 Å². The molecule has 0 atom stereocenters. The summed E-state index contributed by atoms with van der Waals surface area (Å²) in [4.78, 5) is 28.9. The fourth-order valence-corrected chi connectivity index (χ4v) is 3.76. The summed E-state index contributed by atoms with van der Waals surface area (Å²) in [5.74, 6) is -0.0169. The number of hydrogen-bond donors (Lipinski definition) is 1. The van der Waals surface area contributed by atoms with E-state index in [0.717, 1.165) is 34.6 Å². The first kappa shape index (κ1) is 21.8. The fourth-order valence-electron chi connectivity index (χ4n) is 3.76. The number of para-hydroxylation sites is 1. The number of anilines is 1. The Balaban J connectivity index is 1.49. The molecule has 1 aromatic carbocycles. The monoisotopic (exact) mass is 409 g/mol. The van der Waals surface area contributed by atoms with Crippen molar-refractivity contribution in [2.75, 3.05) is 38.0 Å². The van der Waals surface area contributed by atoms with E-state index in [0.29, 0.717) is 32.7 Å². The van der Waals surface area contributed by atoms with Gasteiger partial charge in [-0.25, -0.2) is 0 Å². The van der Waals surface area contributed by atoms with Gasteiger partial charge in [-0.3, -0.25) is 19.2 Å². The number of nitrogens with one attached hydrogen (secondary N) is 1. The van der Waals surface area contributed by atoms with Crippen LogP contribution in [-0.4, -0.2) is 64.1 Å². The maximum atomic E-state index is 12.6. The maximum absolute atomic E-state index is 12.6. The van der Waals surface area contributed by atoms with Crippen LogP contribution >= 0.6 is 0 Å². The molecule has 30 heavy (non-hydrogen) atoms. The zero-order chi connectivity index (χ0) is 21.7. The minimum Gasteiger partial charge on any atom is -0.337 e. The number of aryl methyl sites for hydroxylation is 3. The van der Waals surface area contributed by atoms with Crippen LogP contribution in [-0.2, 0) is 23.1 Å². The number of carbonyl (C=O) groups is 2. The van der Waals surface area contributed by atoms with Crippen molar-refractivity contribution in [3.63, 3.8) is 0 Å². The molecule has 2 heterocycles. The molecule has 0 saturated carbocycles. The average Bonchev–Trinajstić information content (AvgIpc) is 2.98. The van der Waals surface area contributed by atoms with Gasteiger partial charge in [-0.2, -0.15) is 5.10 Å². The number of rotatable bonds is 6. The van der Waals surface area contributed by atoms with E-state index >= 15 is 0 Å². The first-order valence-electron chi connectivity index (χ1n) is 10.5.